The molecule has 0 fully saturated rings. The molecule has 8 aromatic carbocycles. The fourth-order valence-corrected chi connectivity index (χ4v) is 8.85. The minimum absolute atomic E-state index is 0.0788. The quantitative estimate of drug-likeness (QED) is 0.162. The molecule has 0 amide bonds. The minimum Gasteiger partial charge on any atom is -0.207 e. The molecule has 0 N–H and O–H groups in total. The van der Waals surface area contributed by atoms with Crippen molar-refractivity contribution in [3.05, 3.63) is 131 Å². The first kappa shape index (κ1) is 27.1. The second-order valence-corrected chi connectivity index (χ2v) is 15.2. The van der Waals surface area contributed by atoms with Crippen molar-refractivity contribution < 1.29 is 8.78 Å². The van der Waals surface area contributed by atoms with E-state index < -0.39 is 11.6 Å². The summed E-state index contributed by atoms with van der Waals surface area (Å²) in [5.41, 5.74) is 11.6. The summed E-state index contributed by atoms with van der Waals surface area (Å²) < 4.78 is 29.4. The van der Waals surface area contributed by atoms with E-state index in [2.05, 4.69) is 107 Å². The van der Waals surface area contributed by atoms with Gasteiger partial charge in [-0.2, -0.15) is 0 Å². The molecular weight excluding hydrogens is 578 g/mol. The first-order chi connectivity index (χ1) is 22.5. The van der Waals surface area contributed by atoms with Crippen LogP contribution in [0.5, 0.6) is 0 Å². The predicted molar refractivity (Wildman–Crippen MR) is 194 cm³/mol. The Bertz CT molecular complexity index is 2680. The Morgan fingerprint density at radius 2 is 1.21 bits per heavy atom. The van der Waals surface area contributed by atoms with Crippen molar-refractivity contribution in [2.24, 2.45) is 0 Å². The Balaban J connectivity index is 1.19. The number of rotatable bonds is 1. The van der Waals surface area contributed by atoms with Crippen molar-refractivity contribution in [1.82, 2.24) is 0 Å². The average molecular weight is 611 g/mol. The summed E-state index contributed by atoms with van der Waals surface area (Å²) in [5.74, 6) is -1.06. The molecule has 0 spiro atoms. The van der Waals surface area contributed by atoms with E-state index in [0.717, 1.165) is 39.1 Å². The van der Waals surface area contributed by atoms with Crippen LogP contribution in [0.1, 0.15) is 51.3 Å². The summed E-state index contributed by atoms with van der Waals surface area (Å²) in [7, 11) is 0. The lowest BCUT2D eigenvalue weighted by Crippen LogP contribution is -2.15. The molecule has 2 aliphatic carbocycles. The zero-order chi connectivity index (χ0) is 32.1. The van der Waals surface area contributed by atoms with Gasteiger partial charge in [0.25, 0.3) is 0 Å². The van der Waals surface area contributed by atoms with Gasteiger partial charge in [-0.25, -0.2) is 8.78 Å². The van der Waals surface area contributed by atoms with Crippen molar-refractivity contribution in [2.75, 3.05) is 0 Å². The Labute approximate surface area is 272 Å². The molecule has 2 heteroatoms. The van der Waals surface area contributed by atoms with Crippen LogP contribution >= 0.6 is 0 Å². The molecule has 0 aliphatic heterocycles. The molecule has 0 saturated heterocycles. The fourth-order valence-electron chi connectivity index (χ4n) is 8.85. The van der Waals surface area contributed by atoms with Gasteiger partial charge in [-0.1, -0.05) is 113 Å². The number of benzene rings is 8. The van der Waals surface area contributed by atoms with Gasteiger partial charge < -0.3 is 0 Å². The SMILES string of the molecule is CC(C)(C)c1cc2ccc3cc4c(c5ccc(c1)c2c35)-c1ccc(-c2ccc3c5c(cccc25)-c2c(F)cc(F)cc2-3)cc1C4(C)C. The minimum atomic E-state index is -0.549. The topological polar surface area (TPSA) is 0 Å². The van der Waals surface area contributed by atoms with Crippen LogP contribution < -0.4 is 0 Å². The lowest BCUT2D eigenvalue weighted by Gasteiger charge is -2.24. The highest BCUT2D eigenvalue weighted by atomic mass is 19.1. The summed E-state index contributed by atoms with van der Waals surface area (Å²) in [6.07, 6.45) is 0. The maximum absolute atomic E-state index is 15.1. The lowest BCUT2D eigenvalue weighted by molar-refractivity contribution is 0.587. The summed E-state index contributed by atoms with van der Waals surface area (Å²) in [6, 6.07) is 36.0. The Morgan fingerprint density at radius 1 is 0.511 bits per heavy atom. The van der Waals surface area contributed by atoms with Gasteiger partial charge >= 0.3 is 0 Å². The Hall–Kier alpha value is -5.08. The average Bonchev–Trinajstić information content (AvgIpc) is 3.48. The Morgan fingerprint density at radius 3 is 1.98 bits per heavy atom. The smallest absolute Gasteiger partial charge is 0.134 e. The summed E-state index contributed by atoms with van der Waals surface area (Å²) >= 11 is 0. The number of hydrogen-bond donors (Lipinski definition) is 0. The molecule has 8 aromatic rings. The maximum Gasteiger partial charge on any atom is 0.134 e. The molecule has 0 saturated carbocycles. The molecule has 10 rings (SSSR count). The van der Waals surface area contributed by atoms with E-state index in [4.69, 9.17) is 0 Å². The molecule has 0 heterocycles. The molecule has 2 aliphatic rings. The monoisotopic (exact) mass is 610 g/mol. The maximum atomic E-state index is 15.1. The van der Waals surface area contributed by atoms with Crippen LogP contribution in [0.3, 0.4) is 0 Å². The van der Waals surface area contributed by atoms with Crippen molar-refractivity contribution in [3.63, 3.8) is 0 Å². The van der Waals surface area contributed by atoms with Crippen molar-refractivity contribution in [1.29, 1.82) is 0 Å². The van der Waals surface area contributed by atoms with Crippen LogP contribution in [0.15, 0.2) is 103 Å². The van der Waals surface area contributed by atoms with Gasteiger partial charge in [0.2, 0.25) is 0 Å². The molecule has 0 unspecified atom stereocenters. The van der Waals surface area contributed by atoms with Crippen LogP contribution in [-0.2, 0) is 10.8 Å². The van der Waals surface area contributed by atoms with Gasteiger partial charge in [0.15, 0.2) is 0 Å². The van der Waals surface area contributed by atoms with Gasteiger partial charge in [-0.05, 0) is 122 Å². The van der Waals surface area contributed by atoms with Gasteiger partial charge in [-0.15, -0.1) is 0 Å². The van der Waals surface area contributed by atoms with Crippen LogP contribution in [0.2, 0.25) is 0 Å². The summed E-state index contributed by atoms with van der Waals surface area (Å²) in [4.78, 5) is 0. The number of halogens is 2. The van der Waals surface area contributed by atoms with E-state index in [1.54, 1.807) is 0 Å². The summed E-state index contributed by atoms with van der Waals surface area (Å²) in [5, 5.41) is 9.96. The third kappa shape index (κ3) is 3.41. The molecule has 0 radical (unpaired) electrons. The van der Waals surface area contributed by atoms with Crippen LogP contribution in [0.25, 0.3) is 87.6 Å². The van der Waals surface area contributed by atoms with E-state index in [-0.39, 0.29) is 10.8 Å². The standard InChI is InChI=1S/C45H32F2/c1-44(2,3)27-17-24-9-10-26-20-37-42(34-14-12-25(18-27)39(24)40(26)34)32-13-11-23(19-36(32)45(37,4)5)29-15-16-31-35-21-28(46)22-38(47)43(35)33-8-6-7-30(29)41(31)33/h6-22H,1-5H3. The third-order valence-corrected chi connectivity index (χ3v) is 11.2. The van der Waals surface area contributed by atoms with Crippen molar-refractivity contribution in [3.8, 4) is 44.5 Å². The molecular formula is C45H32F2. The van der Waals surface area contributed by atoms with Gasteiger partial charge in [0, 0.05) is 17.0 Å². The second-order valence-electron chi connectivity index (χ2n) is 15.2. The molecule has 0 aromatic heterocycles. The van der Waals surface area contributed by atoms with E-state index in [0.29, 0.717) is 11.1 Å². The number of hydrogen-bond acceptors (Lipinski definition) is 0. The Kier molecular flexibility index (Phi) is 4.97. The first-order valence-corrected chi connectivity index (χ1v) is 16.5. The van der Waals surface area contributed by atoms with Gasteiger partial charge in [-0.3, -0.25) is 0 Å². The summed E-state index contributed by atoms with van der Waals surface area (Å²) in [6.45, 7) is 11.5. The second kappa shape index (κ2) is 8.63. The van der Waals surface area contributed by atoms with Crippen molar-refractivity contribution in [2.45, 2.75) is 45.4 Å². The van der Waals surface area contributed by atoms with E-state index in [9.17, 15) is 4.39 Å². The van der Waals surface area contributed by atoms with E-state index in [1.807, 2.05) is 18.2 Å². The first-order valence-electron chi connectivity index (χ1n) is 16.5. The highest BCUT2D eigenvalue weighted by Crippen LogP contribution is 2.55. The molecule has 226 valence electrons. The van der Waals surface area contributed by atoms with Crippen LogP contribution in [0, 0.1) is 11.6 Å². The molecule has 0 atom stereocenters. The van der Waals surface area contributed by atoms with Crippen LogP contribution in [-0.4, -0.2) is 0 Å². The van der Waals surface area contributed by atoms with E-state index >= 15 is 4.39 Å². The molecule has 47 heavy (non-hydrogen) atoms. The van der Waals surface area contributed by atoms with Gasteiger partial charge in [0.1, 0.15) is 11.6 Å². The zero-order valence-electron chi connectivity index (χ0n) is 27.1. The highest BCUT2D eigenvalue weighted by Gasteiger charge is 2.38. The van der Waals surface area contributed by atoms with Gasteiger partial charge in [0.05, 0.1) is 0 Å². The normalized spacial score (nSPS) is 14.4. The van der Waals surface area contributed by atoms with E-state index in [1.165, 1.54) is 66.2 Å². The molecule has 0 nitrogen and oxygen atoms in total. The molecule has 0 bridgehead atoms. The van der Waals surface area contributed by atoms with Crippen LogP contribution in [0.4, 0.5) is 8.78 Å². The lowest BCUT2D eigenvalue weighted by atomic mass is 9.79. The predicted octanol–water partition coefficient (Wildman–Crippen LogP) is 12.9. The number of fused-ring (bicyclic) bond motifs is 7. The largest absolute Gasteiger partial charge is 0.207 e. The zero-order valence-corrected chi connectivity index (χ0v) is 27.1. The third-order valence-electron chi connectivity index (χ3n) is 11.2. The fraction of sp³-hybridized carbons (Fsp3) is 0.156. The highest BCUT2D eigenvalue weighted by molar-refractivity contribution is 6.27. The van der Waals surface area contributed by atoms with Crippen molar-refractivity contribution >= 4 is 43.1 Å².